The van der Waals surface area contributed by atoms with E-state index in [4.69, 9.17) is 5.73 Å². The highest BCUT2D eigenvalue weighted by molar-refractivity contribution is 7.98. The van der Waals surface area contributed by atoms with Gasteiger partial charge in [-0.05, 0) is 13.2 Å². The lowest BCUT2D eigenvalue weighted by molar-refractivity contribution is 0.924. The minimum atomic E-state index is -0.140. The zero-order chi connectivity index (χ0) is 12.4. The van der Waals surface area contributed by atoms with Crippen LogP contribution in [-0.2, 0) is 0 Å². The zero-order valence-electron chi connectivity index (χ0n) is 9.39. The molecular formula is C10H11N5OS. The number of aromatic amines is 1. The van der Waals surface area contributed by atoms with Crippen LogP contribution in [0.15, 0.2) is 22.2 Å². The second kappa shape index (κ2) is 4.54. The average Bonchev–Trinajstić information content (AvgIpc) is 2.28. The van der Waals surface area contributed by atoms with E-state index in [0.717, 1.165) is 5.69 Å². The summed E-state index contributed by atoms with van der Waals surface area (Å²) in [5.41, 5.74) is 6.60. The molecule has 7 heteroatoms. The molecule has 88 valence electrons. The summed E-state index contributed by atoms with van der Waals surface area (Å²) in [5.74, 6) is 0.405. The van der Waals surface area contributed by atoms with Crippen LogP contribution in [0.2, 0.25) is 0 Å². The van der Waals surface area contributed by atoms with Crippen LogP contribution in [0.4, 0.5) is 5.95 Å². The lowest BCUT2D eigenvalue weighted by Crippen LogP contribution is -2.09. The third-order valence-electron chi connectivity index (χ3n) is 2.11. The Kier molecular flexibility index (Phi) is 3.10. The quantitative estimate of drug-likeness (QED) is 0.765. The molecule has 6 nitrogen and oxygen atoms in total. The lowest BCUT2D eigenvalue weighted by atomic mass is 10.2. The summed E-state index contributed by atoms with van der Waals surface area (Å²) in [7, 11) is 0. The fourth-order valence-electron chi connectivity index (χ4n) is 1.33. The molecular weight excluding hydrogens is 238 g/mol. The predicted octanol–water partition coefficient (Wildman–Crippen LogP) is 0.839. The van der Waals surface area contributed by atoms with Gasteiger partial charge in [-0.2, -0.15) is 9.97 Å². The molecule has 0 aliphatic rings. The molecule has 0 radical (unpaired) electrons. The van der Waals surface area contributed by atoms with Crippen LogP contribution < -0.4 is 11.2 Å². The fraction of sp³-hybridized carbons (Fsp3) is 0.200. The van der Waals surface area contributed by atoms with Gasteiger partial charge in [0.15, 0.2) is 16.4 Å². The Morgan fingerprint density at radius 3 is 2.76 bits per heavy atom. The molecule has 0 saturated heterocycles. The molecule has 2 rings (SSSR count). The molecule has 17 heavy (non-hydrogen) atoms. The minimum Gasteiger partial charge on any atom is -0.368 e. The van der Waals surface area contributed by atoms with Crippen molar-refractivity contribution in [2.75, 3.05) is 12.0 Å². The van der Waals surface area contributed by atoms with Crippen LogP contribution >= 0.6 is 11.8 Å². The summed E-state index contributed by atoms with van der Waals surface area (Å²) in [6.07, 6.45) is 3.41. The zero-order valence-corrected chi connectivity index (χ0v) is 10.2. The molecule has 0 aliphatic heterocycles. The monoisotopic (exact) mass is 249 g/mol. The molecule has 2 aromatic rings. The number of nitrogen functional groups attached to an aromatic ring is 1. The van der Waals surface area contributed by atoms with Gasteiger partial charge in [0, 0.05) is 18.0 Å². The van der Waals surface area contributed by atoms with Crippen molar-refractivity contribution in [2.45, 2.75) is 12.1 Å². The Morgan fingerprint density at radius 1 is 1.35 bits per heavy atom. The van der Waals surface area contributed by atoms with Crippen molar-refractivity contribution in [1.29, 1.82) is 0 Å². The van der Waals surface area contributed by atoms with E-state index >= 15 is 0 Å². The highest BCUT2D eigenvalue weighted by Crippen LogP contribution is 2.15. The predicted molar refractivity (Wildman–Crippen MR) is 66.8 cm³/mol. The van der Waals surface area contributed by atoms with Crippen LogP contribution in [0.5, 0.6) is 0 Å². The van der Waals surface area contributed by atoms with Gasteiger partial charge in [-0.1, -0.05) is 11.8 Å². The van der Waals surface area contributed by atoms with Crippen LogP contribution in [0.25, 0.3) is 11.4 Å². The third kappa shape index (κ3) is 2.44. The Balaban J connectivity index is 2.60. The topological polar surface area (TPSA) is 97.5 Å². The van der Waals surface area contributed by atoms with Gasteiger partial charge in [0.25, 0.3) is 0 Å². The Morgan fingerprint density at radius 2 is 2.12 bits per heavy atom. The first-order valence-corrected chi connectivity index (χ1v) is 6.08. The summed E-state index contributed by atoms with van der Waals surface area (Å²) in [4.78, 5) is 26.8. The number of hydrogen-bond donors (Lipinski definition) is 2. The van der Waals surface area contributed by atoms with Crippen LogP contribution in [0.1, 0.15) is 5.69 Å². The largest absolute Gasteiger partial charge is 0.368 e. The highest BCUT2D eigenvalue weighted by Gasteiger charge is 2.09. The number of pyridine rings is 1. The van der Waals surface area contributed by atoms with Gasteiger partial charge in [-0.15, -0.1) is 0 Å². The maximum absolute atomic E-state index is 11.8. The SMILES string of the molecule is CSc1nc(N)nc(-c2c[nH]c(C)cc2=O)n1. The number of H-pyrrole nitrogens is 1. The summed E-state index contributed by atoms with van der Waals surface area (Å²) in [6, 6.07) is 1.49. The summed E-state index contributed by atoms with van der Waals surface area (Å²) < 4.78 is 0. The van der Waals surface area contributed by atoms with Gasteiger partial charge < -0.3 is 10.7 Å². The fourth-order valence-corrected chi connectivity index (χ4v) is 1.69. The summed E-state index contributed by atoms with van der Waals surface area (Å²) in [5, 5.41) is 0.493. The number of nitrogens with two attached hydrogens (primary N) is 1. The van der Waals surface area contributed by atoms with Crippen LogP contribution in [0.3, 0.4) is 0 Å². The van der Waals surface area contributed by atoms with E-state index in [1.807, 2.05) is 6.26 Å². The van der Waals surface area contributed by atoms with E-state index in [2.05, 4.69) is 19.9 Å². The van der Waals surface area contributed by atoms with Crippen molar-refractivity contribution >= 4 is 17.7 Å². The van der Waals surface area contributed by atoms with Crippen molar-refractivity contribution in [3.05, 3.63) is 28.2 Å². The maximum Gasteiger partial charge on any atom is 0.224 e. The Hall–Kier alpha value is -1.89. The smallest absolute Gasteiger partial charge is 0.224 e. The van der Waals surface area contributed by atoms with E-state index in [0.29, 0.717) is 16.5 Å². The third-order valence-corrected chi connectivity index (χ3v) is 2.66. The van der Waals surface area contributed by atoms with Gasteiger partial charge >= 0.3 is 0 Å². The first-order chi connectivity index (χ1) is 8.10. The molecule has 0 spiro atoms. The van der Waals surface area contributed by atoms with E-state index in [1.54, 1.807) is 13.1 Å². The Bertz CT molecular complexity index is 610. The number of rotatable bonds is 2. The van der Waals surface area contributed by atoms with Crippen molar-refractivity contribution in [3.8, 4) is 11.4 Å². The molecule has 0 aliphatic carbocycles. The van der Waals surface area contributed by atoms with E-state index in [-0.39, 0.29) is 11.4 Å². The molecule has 0 fully saturated rings. The molecule has 2 heterocycles. The number of aryl methyl sites for hydroxylation is 1. The molecule has 0 atom stereocenters. The van der Waals surface area contributed by atoms with Gasteiger partial charge in [0.2, 0.25) is 5.95 Å². The first kappa shape index (κ1) is 11.6. The van der Waals surface area contributed by atoms with Crippen molar-refractivity contribution < 1.29 is 0 Å². The van der Waals surface area contributed by atoms with Gasteiger partial charge in [-0.3, -0.25) is 4.79 Å². The first-order valence-electron chi connectivity index (χ1n) is 4.85. The Labute approximate surface area is 102 Å². The van der Waals surface area contributed by atoms with Crippen LogP contribution in [-0.4, -0.2) is 26.2 Å². The van der Waals surface area contributed by atoms with Crippen molar-refractivity contribution in [3.63, 3.8) is 0 Å². The standard InChI is InChI=1S/C10H11N5OS/c1-5-3-7(16)6(4-12-5)8-13-9(11)15-10(14-8)17-2/h3-4H,1-2H3,(H,12,16)(H2,11,13,14,15). The van der Waals surface area contributed by atoms with Crippen LogP contribution in [0, 0.1) is 6.92 Å². The molecule has 0 unspecified atom stereocenters. The molecule has 0 aromatic carbocycles. The number of thioether (sulfide) groups is 1. The number of nitrogens with zero attached hydrogens (tertiary/aromatic N) is 3. The molecule has 0 amide bonds. The number of nitrogens with one attached hydrogen (secondary N) is 1. The lowest BCUT2D eigenvalue weighted by Gasteiger charge is -2.02. The second-order valence-electron chi connectivity index (χ2n) is 3.40. The molecule has 0 saturated carbocycles. The van der Waals surface area contributed by atoms with Crippen molar-refractivity contribution in [1.82, 2.24) is 19.9 Å². The highest BCUT2D eigenvalue weighted by atomic mass is 32.2. The average molecular weight is 249 g/mol. The summed E-state index contributed by atoms with van der Waals surface area (Å²) >= 11 is 1.35. The van der Waals surface area contributed by atoms with E-state index in [9.17, 15) is 4.79 Å². The minimum absolute atomic E-state index is 0.110. The normalized spacial score (nSPS) is 10.5. The van der Waals surface area contributed by atoms with Gasteiger partial charge in [0.1, 0.15) is 0 Å². The molecule has 2 aromatic heterocycles. The number of anilines is 1. The number of aromatic nitrogens is 4. The summed E-state index contributed by atoms with van der Waals surface area (Å²) in [6.45, 7) is 1.81. The van der Waals surface area contributed by atoms with E-state index < -0.39 is 0 Å². The van der Waals surface area contributed by atoms with E-state index in [1.165, 1.54) is 17.8 Å². The van der Waals surface area contributed by atoms with Crippen molar-refractivity contribution in [2.24, 2.45) is 0 Å². The van der Waals surface area contributed by atoms with Gasteiger partial charge in [-0.25, -0.2) is 4.98 Å². The maximum atomic E-state index is 11.8. The molecule has 3 N–H and O–H groups in total. The number of hydrogen-bond acceptors (Lipinski definition) is 6. The van der Waals surface area contributed by atoms with Gasteiger partial charge in [0.05, 0.1) is 5.56 Å². The molecule has 0 bridgehead atoms. The second-order valence-corrected chi connectivity index (χ2v) is 4.17.